The van der Waals surface area contributed by atoms with Crippen LogP contribution in [0, 0.1) is 5.41 Å². The van der Waals surface area contributed by atoms with E-state index in [1.165, 1.54) is 6.42 Å². The second kappa shape index (κ2) is 4.79. The number of hydrogen-bond donors (Lipinski definition) is 0. The van der Waals surface area contributed by atoms with Crippen molar-refractivity contribution in [1.82, 2.24) is 0 Å². The van der Waals surface area contributed by atoms with Gasteiger partial charge in [-0.2, -0.15) is 0 Å². The molecule has 0 atom stereocenters. The fourth-order valence-electron chi connectivity index (χ4n) is 0.610. The van der Waals surface area contributed by atoms with E-state index in [1.807, 2.05) is 6.08 Å². The molecule has 0 bridgehead atoms. The molecule has 1 heteroatoms. The van der Waals surface area contributed by atoms with Gasteiger partial charge in [-0.1, -0.05) is 39.3 Å². The average Bonchev–Trinajstić information content (AvgIpc) is 1.89. The van der Waals surface area contributed by atoms with Crippen LogP contribution < -0.4 is 0 Å². The number of halogens is 1. The zero-order chi connectivity index (χ0) is 8.04. The second-order valence-electron chi connectivity index (χ2n) is 3.35. The Morgan fingerprint density at radius 1 is 1.30 bits per heavy atom. The molecule has 0 N–H and O–H groups in total. The first-order valence-electron chi connectivity index (χ1n) is 3.83. The van der Waals surface area contributed by atoms with E-state index >= 15 is 0 Å². The Morgan fingerprint density at radius 3 is 2.30 bits per heavy atom. The maximum Gasteiger partial charge on any atom is 0.0404 e. The minimum absolute atomic E-state index is 0.447. The van der Waals surface area contributed by atoms with Crippen LogP contribution in [0.2, 0.25) is 0 Å². The molecule has 0 radical (unpaired) electrons. The first-order chi connectivity index (χ1) is 4.62. The normalized spacial score (nSPS) is 12.8. The molecule has 0 aromatic heterocycles. The second-order valence-corrected chi connectivity index (χ2v) is 3.66. The molecule has 0 unspecified atom stereocenters. The molecular formula is C9H17Cl. The molecular weight excluding hydrogens is 144 g/mol. The van der Waals surface area contributed by atoms with E-state index in [0.717, 1.165) is 6.42 Å². The summed E-state index contributed by atoms with van der Waals surface area (Å²) in [7, 11) is 0. The fourth-order valence-corrected chi connectivity index (χ4v) is 0.736. The molecule has 0 saturated heterocycles. The third kappa shape index (κ3) is 4.87. The summed E-state index contributed by atoms with van der Waals surface area (Å²) in [5, 5.41) is 0. The van der Waals surface area contributed by atoms with Gasteiger partial charge in [-0.3, -0.25) is 0 Å². The van der Waals surface area contributed by atoms with Crippen LogP contribution in [-0.2, 0) is 0 Å². The summed E-state index contributed by atoms with van der Waals surface area (Å²) in [6.07, 6.45) is 6.53. The van der Waals surface area contributed by atoms with Gasteiger partial charge in [0.2, 0.25) is 0 Å². The smallest absolute Gasteiger partial charge is 0.0404 e. The van der Waals surface area contributed by atoms with Gasteiger partial charge < -0.3 is 0 Å². The lowest BCUT2D eigenvalue weighted by atomic mass is 9.86. The third-order valence-electron chi connectivity index (χ3n) is 1.88. The fraction of sp³-hybridized carbons (Fsp3) is 0.778. The van der Waals surface area contributed by atoms with E-state index in [-0.39, 0.29) is 0 Å². The van der Waals surface area contributed by atoms with Crippen molar-refractivity contribution in [1.29, 1.82) is 0 Å². The highest BCUT2D eigenvalue weighted by atomic mass is 35.5. The van der Waals surface area contributed by atoms with Crippen molar-refractivity contribution in [2.45, 2.75) is 33.6 Å². The maximum absolute atomic E-state index is 5.49. The lowest BCUT2D eigenvalue weighted by molar-refractivity contribution is 0.357. The van der Waals surface area contributed by atoms with Gasteiger partial charge in [-0.25, -0.2) is 0 Å². The van der Waals surface area contributed by atoms with E-state index in [4.69, 9.17) is 11.6 Å². The minimum atomic E-state index is 0.447. The average molecular weight is 161 g/mol. The quantitative estimate of drug-likeness (QED) is 0.436. The van der Waals surface area contributed by atoms with Crippen LogP contribution in [0.5, 0.6) is 0 Å². The summed E-state index contributed by atoms with van der Waals surface area (Å²) in [4.78, 5) is 0. The molecule has 0 aromatic carbocycles. The minimum Gasteiger partial charge on any atom is -0.122 e. The van der Waals surface area contributed by atoms with Crippen LogP contribution in [-0.4, -0.2) is 5.88 Å². The van der Waals surface area contributed by atoms with Crippen LogP contribution in [0.25, 0.3) is 0 Å². The topological polar surface area (TPSA) is 0 Å². The summed E-state index contributed by atoms with van der Waals surface area (Å²) in [6.45, 7) is 6.76. The highest BCUT2D eigenvalue weighted by molar-refractivity contribution is 6.18. The lowest BCUT2D eigenvalue weighted by Gasteiger charge is -2.19. The van der Waals surface area contributed by atoms with Crippen LogP contribution in [0.15, 0.2) is 12.2 Å². The molecule has 0 heterocycles. The summed E-state index contributed by atoms with van der Waals surface area (Å²) < 4.78 is 0. The zero-order valence-electron chi connectivity index (χ0n) is 7.15. The summed E-state index contributed by atoms with van der Waals surface area (Å²) >= 11 is 5.49. The van der Waals surface area contributed by atoms with Crippen molar-refractivity contribution in [2.24, 2.45) is 5.41 Å². The molecule has 0 nitrogen and oxygen atoms in total. The largest absolute Gasteiger partial charge is 0.122 e. The molecule has 0 aliphatic heterocycles. The van der Waals surface area contributed by atoms with Gasteiger partial charge in [0.1, 0.15) is 0 Å². The van der Waals surface area contributed by atoms with Gasteiger partial charge in [-0.15, -0.1) is 11.6 Å². The van der Waals surface area contributed by atoms with E-state index in [1.54, 1.807) is 0 Å². The monoisotopic (exact) mass is 160 g/mol. The maximum atomic E-state index is 5.49. The molecule has 10 heavy (non-hydrogen) atoms. The van der Waals surface area contributed by atoms with Crippen LogP contribution in [0.1, 0.15) is 33.6 Å². The van der Waals surface area contributed by atoms with Gasteiger partial charge in [0.15, 0.2) is 0 Å². The summed E-state index contributed by atoms with van der Waals surface area (Å²) in [6, 6.07) is 0. The Kier molecular flexibility index (Phi) is 4.80. The highest BCUT2D eigenvalue weighted by Gasteiger charge is 2.11. The Labute approximate surface area is 69.3 Å². The highest BCUT2D eigenvalue weighted by Crippen LogP contribution is 2.24. The number of allylic oxidation sites excluding steroid dienone is 2. The van der Waals surface area contributed by atoms with Crippen molar-refractivity contribution in [2.75, 3.05) is 5.88 Å². The third-order valence-corrected chi connectivity index (χ3v) is 2.06. The van der Waals surface area contributed by atoms with E-state index in [0.29, 0.717) is 11.3 Å². The van der Waals surface area contributed by atoms with Gasteiger partial charge in [0, 0.05) is 5.88 Å². The molecule has 0 fully saturated rings. The molecule has 0 aromatic rings. The first kappa shape index (κ1) is 10.0. The van der Waals surface area contributed by atoms with Crippen molar-refractivity contribution in [3.05, 3.63) is 12.2 Å². The predicted octanol–water partition coefficient (Wildman–Crippen LogP) is 3.61. The molecule has 0 aliphatic rings. The van der Waals surface area contributed by atoms with E-state index in [2.05, 4.69) is 26.8 Å². The van der Waals surface area contributed by atoms with Crippen molar-refractivity contribution in [3.8, 4) is 0 Å². The van der Waals surface area contributed by atoms with Crippen LogP contribution >= 0.6 is 11.6 Å². The Balaban J connectivity index is 3.56. The Bertz CT molecular complexity index is 103. The van der Waals surface area contributed by atoms with Crippen LogP contribution in [0.4, 0.5) is 0 Å². The molecule has 0 aliphatic carbocycles. The number of alkyl halides is 1. The Hall–Kier alpha value is 0.0300. The SMILES string of the molecule is CCC(C)(C)CC=CCCl. The Morgan fingerprint density at radius 2 is 1.90 bits per heavy atom. The lowest BCUT2D eigenvalue weighted by Crippen LogP contribution is -2.07. The molecule has 60 valence electrons. The predicted molar refractivity (Wildman–Crippen MR) is 48.5 cm³/mol. The number of rotatable bonds is 4. The van der Waals surface area contributed by atoms with Crippen LogP contribution in [0.3, 0.4) is 0 Å². The van der Waals surface area contributed by atoms with Gasteiger partial charge in [-0.05, 0) is 11.8 Å². The van der Waals surface area contributed by atoms with Crippen molar-refractivity contribution in [3.63, 3.8) is 0 Å². The van der Waals surface area contributed by atoms with Gasteiger partial charge in [0.05, 0.1) is 0 Å². The molecule has 0 saturated carbocycles. The van der Waals surface area contributed by atoms with E-state index < -0.39 is 0 Å². The molecule has 0 amide bonds. The molecule has 0 spiro atoms. The molecule has 0 rings (SSSR count). The van der Waals surface area contributed by atoms with Gasteiger partial charge >= 0.3 is 0 Å². The van der Waals surface area contributed by atoms with Crippen molar-refractivity contribution < 1.29 is 0 Å². The summed E-state index contributed by atoms with van der Waals surface area (Å²) in [5.74, 6) is 0.639. The van der Waals surface area contributed by atoms with E-state index in [9.17, 15) is 0 Å². The summed E-state index contributed by atoms with van der Waals surface area (Å²) in [5.41, 5.74) is 0.447. The van der Waals surface area contributed by atoms with Crippen molar-refractivity contribution >= 4 is 11.6 Å². The standard InChI is InChI=1S/C9H17Cl/c1-4-9(2,3)7-5-6-8-10/h5-6H,4,7-8H2,1-3H3. The van der Waals surface area contributed by atoms with Gasteiger partial charge in [0.25, 0.3) is 0 Å². The number of hydrogen-bond acceptors (Lipinski definition) is 0. The first-order valence-corrected chi connectivity index (χ1v) is 4.37. The zero-order valence-corrected chi connectivity index (χ0v) is 7.91.